The molecule has 2 aromatic rings. The van der Waals surface area contributed by atoms with Crippen LogP contribution < -0.4 is 10.6 Å². The third kappa shape index (κ3) is 4.16. The van der Waals surface area contributed by atoms with Crippen LogP contribution >= 0.6 is 11.6 Å². The maximum Gasteiger partial charge on any atom is 0.243 e. The predicted molar refractivity (Wildman–Crippen MR) is 79.7 cm³/mol. The van der Waals surface area contributed by atoms with Gasteiger partial charge in [0.1, 0.15) is 11.6 Å². The van der Waals surface area contributed by atoms with Gasteiger partial charge in [0.25, 0.3) is 0 Å². The molecule has 0 saturated carbocycles. The minimum absolute atomic E-state index is 0.132. The average Bonchev–Trinajstić information content (AvgIpc) is 2.44. The van der Waals surface area contributed by atoms with Crippen LogP contribution in [0.2, 0.25) is 5.02 Å². The van der Waals surface area contributed by atoms with E-state index < -0.39 is 17.5 Å². The molecule has 0 radical (unpaired) electrons. The summed E-state index contributed by atoms with van der Waals surface area (Å²) in [5, 5.41) is 5.51. The average molecular weight is 311 g/mol. The van der Waals surface area contributed by atoms with Crippen molar-refractivity contribution in [2.75, 3.05) is 17.2 Å². The first-order valence-corrected chi connectivity index (χ1v) is 6.58. The van der Waals surface area contributed by atoms with Crippen LogP contribution in [0.25, 0.3) is 0 Å². The van der Waals surface area contributed by atoms with Crippen LogP contribution in [0.4, 0.5) is 20.2 Å². The van der Waals surface area contributed by atoms with Crippen molar-refractivity contribution < 1.29 is 13.6 Å². The smallest absolute Gasteiger partial charge is 0.243 e. The summed E-state index contributed by atoms with van der Waals surface area (Å²) in [6.45, 7) is 1.47. The fraction of sp³-hybridized carbons (Fsp3) is 0.133. The van der Waals surface area contributed by atoms with Crippen molar-refractivity contribution in [1.82, 2.24) is 0 Å². The Bertz CT molecular complexity index is 677. The van der Waals surface area contributed by atoms with Crippen molar-refractivity contribution in [1.29, 1.82) is 0 Å². The van der Waals surface area contributed by atoms with Crippen molar-refractivity contribution in [2.45, 2.75) is 6.92 Å². The van der Waals surface area contributed by atoms with Crippen molar-refractivity contribution in [3.63, 3.8) is 0 Å². The van der Waals surface area contributed by atoms with Gasteiger partial charge in [-0.15, -0.1) is 0 Å². The molecule has 2 N–H and O–H groups in total. The summed E-state index contributed by atoms with van der Waals surface area (Å²) < 4.78 is 26.8. The molecule has 2 rings (SSSR count). The lowest BCUT2D eigenvalue weighted by Crippen LogP contribution is -2.22. The fourth-order valence-corrected chi connectivity index (χ4v) is 1.86. The predicted octanol–water partition coefficient (Wildman–Crippen LogP) is 3.98. The van der Waals surface area contributed by atoms with E-state index in [4.69, 9.17) is 11.6 Å². The molecule has 0 atom stereocenters. The van der Waals surface area contributed by atoms with Gasteiger partial charge < -0.3 is 10.6 Å². The molecular weight excluding hydrogens is 298 g/mol. The Labute approximate surface area is 125 Å². The molecule has 0 fully saturated rings. The van der Waals surface area contributed by atoms with Gasteiger partial charge in [-0.1, -0.05) is 17.7 Å². The maximum absolute atomic E-state index is 13.4. The fourth-order valence-electron chi connectivity index (χ4n) is 1.68. The summed E-state index contributed by atoms with van der Waals surface area (Å²) in [6.07, 6.45) is 0. The number of aryl methyl sites for hydroxylation is 1. The number of amides is 1. The molecule has 0 aromatic heterocycles. The van der Waals surface area contributed by atoms with E-state index in [9.17, 15) is 13.6 Å². The largest absolute Gasteiger partial charge is 0.374 e. The molecular formula is C15H13ClF2N2O. The number of rotatable bonds is 4. The van der Waals surface area contributed by atoms with Crippen LogP contribution in [0.5, 0.6) is 0 Å². The third-order valence-electron chi connectivity index (χ3n) is 2.82. The highest BCUT2D eigenvalue weighted by atomic mass is 35.5. The number of anilines is 2. The normalized spacial score (nSPS) is 10.3. The Morgan fingerprint density at radius 3 is 2.62 bits per heavy atom. The molecule has 6 heteroatoms. The van der Waals surface area contributed by atoms with Gasteiger partial charge in [-0.3, -0.25) is 4.79 Å². The molecule has 0 unspecified atom stereocenters. The summed E-state index contributed by atoms with van der Waals surface area (Å²) in [5.41, 5.74) is 0.969. The number of carbonyl (C=O) groups excluding carboxylic acids is 1. The van der Waals surface area contributed by atoms with Crippen molar-refractivity contribution in [3.8, 4) is 0 Å². The lowest BCUT2D eigenvalue weighted by Gasteiger charge is -2.09. The Kier molecular flexibility index (Phi) is 4.75. The molecule has 0 aliphatic heterocycles. The molecule has 110 valence electrons. The number of benzene rings is 2. The molecule has 0 spiro atoms. The third-order valence-corrected chi connectivity index (χ3v) is 3.06. The highest BCUT2D eigenvalue weighted by Gasteiger charge is 2.07. The van der Waals surface area contributed by atoms with Crippen molar-refractivity contribution in [2.24, 2.45) is 0 Å². The number of nitrogens with one attached hydrogen (secondary N) is 2. The Morgan fingerprint density at radius 1 is 1.14 bits per heavy atom. The second-order valence-corrected chi connectivity index (χ2v) is 4.93. The van der Waals surface area contributed by atoms with Gasteiger partial charge in [-0.05, 0) is 42.8 Å². The number of hydrogen-bond acceptors (Lipinski definition) is 2. The summed E-state index contributed by atoms with van der Waals surface area (Å²) in [4.78, 5) is 11.7. The van der Waals surface area contributed by atoms with Crippen LogP contribution in [0, 0.1) is 18.6 Å². The second kappa shape index (κ2) is 6.54. The van der Waals surface area contributed by atoms with E-state index in [-0.39, 0.29) is 12.2 Å². The van der Waals surface area contributed by atoms with Gasteiger partial charge in [0.05, 0.1) is 12.2 Å². The minimum Gasteiger partial charge on any atom is -0.374 e. The molecule has 0 bridgehead atoms. The van der Waals surface area contributed by atoms with Gasteiger partial charge in [0, 0.05) is 10.7 Å². The first-order chi connectivity index (χ1) is 9.95. The molecule has 0 heterocycles. The summed E-state index contributed by atoms with van der Waals surface area (Å²) in [6, 6.07) is 8.39. The van der Waals surface area contributed by atoms with E-state index in [2.05, 4.69) is 10.6 Å². The first-order valence-electron chi connectivity index (χ1n) is 6.20. The second-order valence-electron chi connectivity index (χ2n) is 4.49. The molecule has 0 saturated heterocycles. The van der Waals surface area contributed by atoms with Gasteiger partial charge in [-0.2, -0.15) is 0 Å². The quantitative estimate of drug-likeness (QED) is 0.897. The van der Waals surface area contributed by atoms with Gasteiger partial charge in [0.2, 0.25) is 5.91 Å². The van der Waals surface area contributed by atoms with E-state index in [0.29, 0.717) is 16.3 Å². The van der Waals surface area contributed by atoms with E-state index in [1.807, 2.05) is 0 Å². The molecule has 1 amide bonds. The van der Waals surface area contributed by atoms with Gasteiger partial charge in [-0.25, -0.2) is 8.78 Å². The topological polar surface area (TPSA) is 41.1 Å². The first kappa shape index (κ1) is 15.3. The Balaban J connectivity index is 1.95. The van der Waals surface area contributed by atoms with Crippen LogP contribution in [-0.2, 0) is 4.79 Å². The number of hydrogen-bond donors (Lipinski definition) is 2. The van der Waals surface area contributed by atoms with E-state index in [1.54, 1.807) is 19.1 Å². The molecule has 21 heavy (non-hydrogen) atoms. The zero-order valence-corrected chi connectivity index (χ0v) is 12.0. The highest BCUT2D eigenvalue weighted by molar-refractivity contribution is 6.30. The monoisotopic (exact) mass is 310 g/mol. The molecule has 2 aromatic carbocycles. The molecule has 0 aliphatic rings. The van der Waals surface area contributed by atoms with Crippen LogP contribution in [0.1, 0.15) is 5.56 Å². The van der Waals surface area contributed by atoms with Crippen LogP contribution in [0.15, 0.2) is 36.4 Å². The lowest BCUT2D eigenvalue weighted by molar-refractivity contribution is -0.114. The summed E-state index contributed by atoms with van der Waals surface area (Å²) >= 11 is 5.75. The van der Waals surface area contributed by atoms with Crippen molar-refractivity contribution in [3.05, 3.63) is 58.6 Å². The summed E-state index contributed by atoms with van der Waals surface area (Å²) in [5.74, 6) is -1.33. The zero-order chi connectivity index (χ0) is 15.4. The van der Waals surface area contributed by atoms with Crippen LogP contribution in [0.3, 0.4) is 0 Å². The van der Waals surface area contributed by atoms with Crippen molar-refractivity contribution >= 4 is 28.9 Å². The van der Waals surface area contributed by atoms with E-state index in [1.165, 1.54) is 24.3 Å². The lowest BCUT2D eigenvalue weighted by atomic mass is 10.2. The van der Waals surface area contributed by atoms with Gasteiger partial charge in [0.15, 0.2) is 0 Å². The molecule has 3 nitrogen and oxygen atoms in total. The highest BCUT2D eigenvalue weighted by Crippen LogP contribution is 2.19. The maximum atomic E-state index is 13.4. The minimum atomic E-state index is -0.506. The summed E-state index contributed by atoms with van der Waals surface area (Å²) in [7, 11) is 0. The molecule has 0 aliphatic carbocycles. The van der Waals surface area contributed by atoms with Crippen LogP contribution in [-0.4, -0.2) is 12.5 Å². The van der Waals surface area contributed by atoms with E-state index >= 15 is 0 Å². The Hall–Kier alpha value is -2.14. The Morgan fingerprint density at radius 2 is 1.90 bits per heavy atom. The standard InChI is InChI=1S/C15H13ClF2N2O/c1-9-2-4-11(7-13(9)18)20-15(21)8-19-14-6-10(16)3-5-12(14)17/h2-7,19H,8H2,1H3,(H,20,21). The number of carbonyl (C=O) groups is 1. The van der Waals surface area contributed by atoms with Gasteiger partial charge >= 0.3 is 0 Å². The zero-order valence-electron chi connectivity index (χ0n) is 11.2. The SMILES string of the molecule is Cc1ccc(NC(=O)CNc2cc(Cl)ccc2F)cc1F. The number of halogens is 3. The van der Waals surface area contributed by atoms with E-state index in [0.717, 1.165) is 0 Å².